The van der Waals surface area contributed by atoms with E-state index in [4.69, 9.17) is 18.8 Å². The van der Waals surface area contributed by atoms with Crippen LogP contribution in [0.4, 0.5) is 0 Å². The first-order valence-corrected chi connectivity index (χ1v) is 17.6. The third-order valence-corrected chi connectivity index (χ3v) is 10.1. The van der Waals surface area contributed by atoms with Gasteiger partial charge in [-0.1, -0.05) is 109 Å². The Labute approximate surface area is 300 Å². The summed E-state index contributed by atoms with van der Waals surface area (Å²) < 4.78 is 12.8. The van der Waals surface area contributed by atoms with E-state index < -0.39 is 0 Å². The maximum absolute atomic E-state index is 6.39. The van der Waals surface area contributed by atoms with Crippen molar-refractivity contribution in [1.29, 1.82) is 0 Å². The monoisotopic (exact) mass is 668 g/mol. The van der Waals surface area contributed by atoms with Gasteiger partial charge in [0, 0.05) is 32.7 Å². The first kappa shape index (κ1) is 30.1. The second-order valence-corrected chi connectivity index (χ2v) is 13.4. The molecule has 0 saturated carbocycles. The Morgan fingerprint density at radius 2 is 0.942 bits per heavy atom. The zero-order valence-corrected chi connectivity index (χ0v) is 28.5. The van der Waals surface area contributed by atoms with Gasteiger partial charge in [-0.15, -0.1) is 0 Å². The van der Waals surface area contributed by atoms with Gasteiger partial charge in [0.15, 0.2) is 5.84 Å². The summed E-state index contributed by atoms with van der Waals surface area (Å²) in [7, 11) is 0. The number of amidine groups is 1. The Hall–Kier alpha value is -6.78. The molecule has 0 radical (unpaired) electrons. The second kappa shape index (κ2) is 12.2. The summed E-state index contributed by atoms with van der Waals surface area (Å²) in [6.07, 6.45) is 2.18. The van der Waals surface area contributed by atoms with Gasteiger partial charge in [-0.05, 0) is 101 Å². The third kappa shape index (κ3) is 5.24. The van der Waals surface area contributed by atoms with Crippen LogP contribution in [0.5, 0.6) is 0 Å². The lowest BCUT2D eigenvalue weighted by Gasteiger charge is -2.14. The molecule has 9 aromatic rings. The number of benzene rings is 7. The maximum Gasteiger partial charge on any atom is 0.156 e. The Kier molecular flexibility index (Phi) is 7.07. The lowest BCUT2D eigenvalue weighted by Crippen LogP contribution is -2.04. The summed E-state index contributed by atoms with van der Waals surface area (Å²) in [6.45, 7) is 2.15. The van der Waals surface area contributed by atoms with Crippen LogP contribution < -0.4 is 0 Å². The topological polar surface area (TPSA) is 51.0 Å². The molecule has 0 spiro atoms. The SMILES string of the molecule is CC1=CC(c2ccccc2)=NC(c2ccc3oc4cc(-c5ccccc5)ccc4c3c2)=NC1c1ccc2oc3cc(-c4ccccc4)ccc3c2c1. The van der Waals surface area contributed by atoms with Gasteiger partial charge in [-0.2, -0.15) is 0 Å². The van der Waals surface area contributed by atoms with E-state index in [1.807, 2.05) is 24.3 Å². The average molecular weight is 669 g/mol. The standard InChI is InChI=1S/C48H32N2O2/c1-30-25-42(33-15-9-4-10-16-33)49-48(37-20-24-44-41(27-37)39-22-18-35(29-46(39)52-44)32-13-7-3-8-14-32)50-47(30)36-19-23-43-40(26-36)38-21-17-34(28-45(38)51-43)31-11-5-2-6-12-31/h2-29,47H,1H3. The molecule has 1 aliphatic rings. The number of hydrogen-bond acceptors (Lipinski definition) is 4. The lowest BCUT2D eigenvalue weighted by molar-refractivity contribution is 0.668. The number of aliphatic imine (C=N–C) groups is 2. The Morgan fingerprint density at radius 1 is 0.423 bits per heavy atom. The van der Waals surface area contributed by atoms with Crippen molar-refractivity contribution in [2.45, 2.75) is 13.0 Å². The van der Waals surface area contributed by atoms with Crippen LogP contribution in [-0.4, -0.2) is 11.5 Å². The fourth-order valence-electron chi connectivity index (χ4n) is 7.43. The number of hydrogen-bond donors (Lipinski definition) is 0. The molecule has 2 aromatic heterocycles. The van der Waals surface area contributed by atoms with E-state index in [0.29, 0.717) is 5.84 Å². The predicted molar refractivity (Wildman–Crippen MR) is 214 cm³/mol. The minimum absolute atomic E-state index is 0.247. The molecule has 1 aliphatic heterocycles. The van der Waals surface area contributed by atoms with Gasteiger partial charge in [0.2, 0.25) is 0 Å². The number of rotatable bonds is 5. The fourth-order valence-corrected chi connectivity index (χ4v) is 7.43. The van der Waals surface area contributed by atoms with Crippen LogP contribution in [0.3, 0.4) is 0 Å². The van der Waals surface area contributed by atoms with Crippen LogP contribution in [-0.2, 0) is 0 Å². The largest absolute Gasteiger partial charge is 0.456 e. The van der Waals surface area contributed by atoms with Gasteiger partial charge in [0.1, 0.15) is 22.3 Å². The van der Waals surface area contributed by atoms with E-state index in [-0.39, 0.29) is 6.04 Å². The van der Waals surface area contributed by atoms with Crippen molar-refractivity contribution in [1.82, 2.24) is 0 Å². The third-order valence-electron chi connectivity index (χ3n) is 10.1. The molecule has 0 bridgehead atoms. The van der Waals surface area contributed by atoms with E-state index in [2.05, 4.69) is 153 Å². The van der Waals surface area contributed by atoms with E-state index in [0.717, 1.165) is 88.5 Å². The summed E-state index contributed by atoms with van der Waals surface area (Å²) in [4.78, 5) is 10.7. The molecule has 0 fully saturated rings. The van der Waals surface area contributed by atoms with Crippen LogP contribution >= 0.6 is 0 Å². The van der Waals surface area contributed by atoms with Gasteiger partial charge in [0.05, 0.1) is 11.8 Å². The Morgan fingerprint density at radius 3 is 1.54 bits per heavy atom. The van der Waals surface area contributed by atoms with E-state index in [1.54, 1.807) is 0 Å². The molecule has 1 unspecified atom stereocenters. The van der Waals surface area contributed by atoms with Crippen LogP contribution in [0.15, 0.2) is 194 Å². The summed E-state index contributed by atoms with van der Waals surface area (Å²) in [5.74, 6) is 0.679. The molecule has 3 heterocycles. The van der Waals surface area contributed by atoms with Crippen molar-refractivity contribution in [3.63, 3.8) is 0 Å². The first-order valence-electron chi connectivity index (χ1n) is 17.6. The van der Waals surface area contributed by atoms with E-state index in [1.165, 1.54) is 5.56 Å². The molecule has 0 aliphatic carbocycles. The van der Waals surface area contributed by atoms with Gasteiger partial charge in [-0.25, -0.2) is 4.99 Å². The molecule has 7 aromatic carbocycles. The molecule has 52 heavy (non-hydrogen) atoms. The molecule has 4 nitrogen and oxygen atoms in total. The molecule has 0 N–H and O–H groups in total. The van der Waals surface area contributed by atoms with Gasteiger partial charge in [-0.3, -0.25) is 4.99 Å². The minimum atomic E-state index is -0.247. The summed E-state index contributed by atoms with van der Waals surface area (Å²) in [5.41, 5.74) is 13.1. The highest BCUT2D eigenvalue weighted by Gasteiger charge is 2.22. The fraction of sp³-hybridized carbons (Fsp3) is 0.0417. The number of furan rings is 2. The van der Waals surface area contributed by atoms with Gasteiger partial charge >= 0.3 is 0 Å². The lowest BCUT2D eigenvalue weighted by atomic mass is 9.96. The van der Waals surface area contributed by atoms with Crippen LogP contribution in [0.1, 0.15) is 29.7 Å². The molecule has 4 heteroatoms. The van der Waals surface area contributed by atoms with Crippen molar-refractivity contribution < 1.29 is 8.83 Å². The molecular formula is C48H32N2O2. The normalized spacial score (nSPS) is 14.8. The van der Waals surface area contributed by atoms with Crippen LogP contribution in [0, 0.1) is 0 Å². The summed E-state index contributed by atoms with van der Waals surface area (Å²) >= 11 is 0. The molecular weight excluding hydrogens is 637 g/mol. The highest BCUT2D eigenvalue weighted by Crippen LogP contribution is 2.38. The van der Waals surface area contributed by atoms with Crippen molar-refractivity contribution in [2.24, 2.45) is 9.98 Å². The zero-order chi connectivity index (χ0) is 34.6. The highest BCUT2D eigenvalue weighted by atomic mass is 16.3. The molecule has 246 valence electrons. The van der Waals surface area contributed by atoms with E-state index in [9.17, 15) is 0 Å². The molecule has 1 atom stereocenters. The highest BCUT2D eigenvalue weighted by molar-refractivity contribution is 6.19. The minimum Gasteiger partial charge on any atom is -0.456 e. The Balaban J connectivity index is 1.09. The molecule has 0 amide bonds. The van der Waals surface area contributed by atoms with Crippen LogP contribution in [0.25, 0.3) is 66.1 Å². The van der Waals surface area contributed by atoms with Crippen molar-refractivity contribution in [3.05, 3.63) is 192 Å². The quantitative estimate of drug-likeness (QED) is 0.183. The second-order valence-electron chi connectivity index (χ2n) is 13.4. The average Bonchev–Trinajstić information content (AvgIpc) is 3.70. The van der Waals surface area contributed by atoms with E-state index >= 15 is 0 Å². The van der Waals surface area contributed by atoms with Crippen LogP contribution in [0.2, 0.25) is 0 Å². The molecule has 10 rings (SSSR count). The predicted octanol–water partition coefficient (Wildman–Crippen LogP) is 12.8. The number of nitrogens with zero attached hydrogens (tertiary/aromatic N) is 2. The maximum atomic E-state index is 6.39. The van der Waals surface area contributed by atoms with Crippen molar-refractivity contribution in [2.75, 3.05) is 0 Å². The number of fused-ring (bicyclic) bond motifs is 6. The number of allylic oxidation sites excluding steroid dienone is 1. The first-order chi connectivity index (χ1) is 25.6. The van der Waals surface area contributed by atoms with Gasteiger partial charge < -0.3 is 8.83 Å². The van der Waals surface area contributed by atoms with Crippen molar-refractivity contribution >= 4 is 55.4 Å². The molecule has 0 saturated heterocycles. The Bertz CT molecular complexity index is 2890. The van der Waals surface area contributed by atoms with Crippen molar-refractivity contribution in [3.8, 4) is 22.3 Å². The smallest absolute Gasteiger partial charge is 0.156 e. The summed E-state index contributed by atoms with van der Waals surface area (Å²) in [6, 6.07) is 56.5. The van der Waals surface area contributed by atoms with Gasteiger partial charge in [0.25, 0.3) is 0 Å². The zero-order valence-electron chi connectivity index (χ0n) is 28.5. The summed E-state index contributed by atoms with van der Waals surface area (Å²) in [5, 5.41) is 4.27.